The largest absolute Gasteiger partial charge is 0.493 e. The van der Waals surface area contributed by atoms with Crippen LogP contribution in [0.2, 0.25) is 0 Å². The Morgan fingerprint density at radius 1 is 0.950 bits per heavy atom. The van der Waals surface area contributed by atoms with E-state index >= 15 is 0 Å². The number of piperidine rings is 1. The van der Waals surface area contributed by atoms with E-state index in [9.17, 15) is 24.0 Å². The number of esters is 1. The number of amides is 4. The van der Waals surface area contributed by atoms with Crippen LogP contribution < -0.4 is 19.5 Å². The molecule has 1 fully saturated rings. The Kier molecular flexibility index (Phi) is 7.84. The zero-order chi connectivity index (χ0) is 29.2. The van der Waals surface area contributed by atoms with Gasteiger partial charge in [0.25, 0.3) is 11.8 Å². The van der Waals surface area contributed by atoms with Gasteiger partial charge in [0, 0.05) is 18.6 Å². The van der Waals surface area contributed by atoms with Crippen LogP contribution in [0.15, 0.2) is 40.6 Å². The van der Waals surface area contributed by atoms with Crippen LogP contribution in [0.25, 0.3) is 0 Å². The highest BCUT2D eigenvalue weighted by Crippen LogP contribution is 2.42. The van der Waals surface area contributed by atoms with Crippen molar-refractivity contribution in [2.45, 2.75) is 45.3 Å². The molecule has 1 atom stereocenters. The van der Waals surface area contributed by atoms with Crippen LogP contribution in [-0.2, 0) is 19.1 Å². The Morgan fingerprint density at radius 3 is 2.17 bits per heavy atom. The minimum absolute atomic E-state index is 0.0288. The molecule has 210 valence electrons. The molecule has 4 rings (SSSR count). The van der Waals surface area contributed by atoms with E-state index in [1.54, 1.807) is 20.8 Å². The monoisotopic (exact) mass is 552 g/mol. The van der Waals surface area contributed by atoms with Crippen molar-refractivity contribution >= 4 is 41.0 Å². The van der Waals surface area contributed by atoms with Crippen LogP contribution >= 0.6 is 0 Å². The second kappa shape index (κ2) is 11.1. The predicted octanol–water partition coefficient (Wildman–Crippen LogP) is 3.24. The average Bonchev–Trinajstić information content (AvgIpc) is 3.14. The molecule has 4 amide bonds. The fourth-order valence-electron chi connectivity index (χ4n) is 4.20. The first-order chi connectivity index (χ1) is 18.9. The molecule has 1 unspecified atom stereocenters. The summed E-state index contributed by atoms with van der Waals surface area (Å²) in [6.07, 6.45) is 0.0882. The van der Waals surface area contributed by atoms with Crippen molar-refractivity contribution in [1.82, 2.24) is 10.2 Å². The molecule has 0 spiro atoms. The van der Waals surface area contributed by atoms with Crippen molar-refractivity contribution in [3.05, 3.63) is 41.5 Å². The minimum Gasteiger partial charge on any atom is -0.493 e. The highest BCUT2D eigenvalue weighted by atomic mass is 16.6. The molecule has 1 N–H and O–H groups in total. The Bertz CT molecular complexity index is 1400. The molecule has 13 nitrogen and oxygen atoms in total. The lowest BCUT2D eigenvalue weighted by Crippen LogP contribution is -2.54. The maximum absolute atomic E-state index is 13.0. The molecule has 0 bridgehead atoms. The number of imide groups is 2. The van der Waals surface area contributed by atoms with Crippen molar-refractivity contribution in [2.75, 3.05) is 20.8 Å². The summed E-state index contributed by atoms with van der Waals surface area (Å²) in [5.74, 6) is -2.34. The van der Waals surface area contributed by atoms with E-state index in [0.29, 0.717) is 5.69 Å². The van der Waals surface area contributed by atoms with Crippen molar-refractivity contribution in [3.8, 4) is 17.2 Å². The summed E-state index contributed by atoms with van der Waals surface area (Å²) in [6.45, 7) is 4.86. The van der Waals surface area contributed by atoms with E-state index in [2.05, 4.69) is 15.5 Å². The fourth-order valence-corrected chi connectivity index (χ4v) is 4.20. The van der Waals surface area contributed by atoms with Gasteiger partial charge in [0.2, 0.25) is 17.6 Å². The van der Waals surface area contributed by atoms with Crippen molar-refractivity contribution in [3.63, 3.8) is 0 Å². The van der Waals surface area contributed by atoms with E-state index in [1.807, 2.05) is 0 Å². The number of nitrogens with one attached hydrogen (secondary N) is 1. The third kappa shape index (κ3) is 5.92. The van der Waals surface area contributed by atoms with E-state index in [0.717, 1.165) is 4.90 Å². The molecule has 2 aliphatic heterocycles. The van der Waals surface area contributed by atoms with E-state index in [4.69, 9.17) is 18.9 Å². The molecular weight excluding hydrogens is 524 g/mol. The van der Waals surface area contributed by atoms with Crippen molar-refractivity contribution in [2.24, 2.45) is 10.2 Å². The van der Waals surface area contributed by atoms with Crippen LogP contribution in [0.5, 0.6) is 17.2 Å². The van der Waals surface area contributed by atoms with Crippen LogP contribution in [0.3, 0.4) is 0 Å². The molecule has 0 saturated carbocycles. The maximum Gasteiger partial charge on any atom is 0.344 e. The summed E-state index contributed by atoms with van der Waals surface area (Å²) in [5.41, 5.74) is 0.118. The third-order valence-corrected chi connectivity index (χ3v) is 5.90. The summed E-state index contributed by atoms with van der Waals surface area (Å²) in [6, 6.07) is 6.31. The number of azo groups is 1. The topological polar surface area (TPSA) is 162 Å². The minimum atomic E-state index is -1.06. The number of rotatable bonds is 8. The summed E-state index contributed by atoms with van der Waals surface area (Å²) < 4.78 is 21.6. The standard InChI is InChI=1S/C27H28N4O9/c1-27(2,3)40-22(33)13-39-23-19(37-4)11-15(12-20(23)38-5)30-29-14-6-7-16-17(10-14)26(36)31(25(16)35)18-8-9-21(32)28-24(18)34/h6-7,10-12,18H,8-9,13H2,1-5H3,(H,28,32,34). The van der Waals surface area contributed by atoms with Gasteiger partial charge in [-0.2, -0.15) is 10.2 Å². The summed E-state index contributed by atoms with van der Waals surface area (Å²) >= 11 is 0. The van der Waals surface area contributed by atoms with E-state index in [-0.39, 0.29) is 53.5 Å². The first kappa shape index (κ1) is 28.2. The van der Waals surface area contributed by atoms with Crippen molar-refractivity contribution in [1.29, 1.82) is 0 Å². The highest BCUT2D eigenvalue weighted by molar-refractivity contribution is 6.23. The number of ether oxygens (including phenoxy) is 4. The molecule has 2 aliphatic rings. The normalized spacial score (nSPS) is 17.1. The average molecular weight is 553 g/mol. The third-order valence-electron chi connectivity index (χ3n) is 5.90. The van der Waals surface area contributed by atoms with Gasteiger partial charge in [0.05, 0.1) is 36.7 Å². The lowest BCUT2D eigenvalue weighted by Gasteiger charge is -2.27. The first-order valence-electron chi connectivity index (χ1n) is 12.3. The first-order valence-corrected chi connectivity index (χ1v) is 12.3. The van der Waals surface area contributed by atoms with Gasteiger partial charge in [-0.05, 0) is 45.4 Å². The number of carbonyl (C=O) groups is 5. The smallest absolute Gasteiger partial charge is 0.344 e. The van der Waals surface area contributed by atoms with Gasteiger partial charge < -0.3 is 18.9 Å². The zero-order valence-electron chi connectivity index (χ0n) is 22.6. The van der Waals surface area contributed by atoms with Crippen LogP contribution in [0.1, 0.15) is 54.3 Å². The Morgan fingerprint density at radius 2 is 1.57 bits per heavy atom. The maximum atomic E-state index is 13.0. The van der Waals surface area contributed by atoms with Gasteiger partial charge >= 0.3 is 5.97 Å². The summed E-state index contributed by atoms with van der Waals surface area (Å²) in [4.78, 5) is 62.6. The molecule has 1 saturated heterocycles. The van der Waals surface area contributed by atoms with Gasteiger partial charge in [-0.1, -0.05) is 0 Å². The SMILES string of the molecule is COc1cc(N=Nc2ccc3c(c2)C(=O)N(C2CCC(=O)NC2=O)C3=O)cc(OC)c1OCC(=O)OC(C)(C)C. The van der Waals surface area contributed by atoms with Gasteiger partial charge in [0.15, 0.2) is 18.1 Å². The van der Waals surface area contributed by atoms with Crippen LogP contribution in [-0.4, -0.2) is 67.0 Å². The number of benzene rings is 2. The molecule has 2 aromatic carbocycles. The van der Waals surface area contributed by atoms with Gasteiger partial charge in [0.1, 0.15) is 11.6 Å². The molecule has 0 aliphatic carbocycles. The number of fused-ring (bicyclic) bond motifs is 1. The number of hydrogen-bond acceptors (Lipinski definition) is 11. The number of methoxy groups -OCH3 is 2. The molecule has 2 aromatic rings. The summed E-state index contributed by atoms with van der Waals surface area (Å²) in [7, 11) is 2.82. The lowest BCUT2D eigenvalue weighted by atomic mass is 10.0. The highest BCUT2D eigenvalue weighted by Gasteiger charge is 2.44. The number of nitrogens with zero attached hydrogens (tertiary/aromatic N) is 3. The Balaban J connectivity index is 1.53. The van der Waals surface area contributed by atoms with Gasteiger partial charge in [-0.25, -0.2) is 4.79 Å². The Labute approximate surface area is 229 Å². The zero-order valence-corrected chi connectivity index (χ0v) is 22.6. The second-order valence-corrected chi connectivity index (χ2v) is 9.93. The van der Waals surface area contributed by atoms with Crippen LogP contribution in [0.4, 0.5) is 11.4 Å². The van der Waals surface area contributed by atoms with E-state index in [1.165, 1.54) is 44.6 Å². The van der Waals surface area contributed by atoms with E-state index < -0.39 is 41.2 Å². The molecule has 13 heteroatoms. The quantitative estimate of drug-likeness (QED) is 0.294. The fraction of sp³-hybridized carbons (Fsp3) is 0.370. The van der Waals surface area contributed by atoms with Crippen LogP contribution in [0, 0.1) is 0 Å². The Hall–Kier alpha value is -4.81. The van der Waals surface area contributed by atoms with Crippen molar-refractivity contribution < 1.29 is 42.9 Å². The molecular formula is C27H28N4O9. The second-order valence-electron chi connectivity index (χ2n) is 9.93. The predicted molar refractivity (Wildman–Crippen MR) is 138 cm³/mol. The molecule has 0 aromatic heterocycles. The van der Waals surface area contributed by atoms with Gasteiger partial charge in [-0.3, -0.25) is 29.4 Å². The number of carbonyl (C=O) groups excluding carboxylic acids is 5. The molecule has 0 radical (unpaired) electrons. The molecule has 40 heavy (non-hydrogen) atoms. The number of hydrogen-bond donors (Lipinski definition) is 1. The summed E-state index contributed by atoms with van der Waals surface area (Å²) in [5, 5.41) is 10.5. The molecule has 2 heterocycles. The lowest BCUT2D eigenvalue weighted by molar-refractivity contribution is -0.157. The van der Waals surface area contributed by atoms with Gasteiger partial charge in [-0.15, -0.1) is 0 Å².